The Hall–Kier alpha value is -2.08. The number of hydrogen-bond donors (Lipinski definition) is 1. The molecular weight excluding hydrogens is 222 g/mol. The van der Waals surface area contributed by atoms with Gasteiger partial charge in [-0.3, -0.25) is 9.48 Å². The van der Waals surface area contributed by atoms with Gasteiger partial charge in [0, 0.05) is 13.3 Å². The van der Waals surface area contributed by atoms with E-state index < -0.39 is 0 Å². The fourth-order valence-corrected chi connectivity index (χ4v) is 1.34. The van der Waals surface area contributed by atoms with E-state index >= 15 is 0 Å². The van der Waals surface area contributed by atoms with Gasteiger partial charge in [0.1, 0.15) is 0 Å². The van der Waals surface area contributed by atoms with Crippen LogP contribution in [0.15, 0.2) is 35.2 Å². The van der Waals surface area contributed by atoms with Gasteiger partial charge in [0.25, 0.3) is 5.91 Å². The summed E-state index contributed by atoms with van der Waals surface area (Å²) in [4.78, 5) is 11.6. The van der Waals surface area contributed by atoms with E-state index in [2.05, 4.69) is 10.4 Å². The van der Waals surface area contributed by atoms with Gasteiger partial charge in [0.2, 0.25) is 0 Å². The van der Waals surface area contributed by atoms with Crippen molar-refractivity contribution < 1.29 is 13.9 Å². The summed E-state index contributed by atoms with van der Waals surface area (Å²) in [6.45, 7) is 1.22. The second-order valence-electron chi connectivity index (χ2n) is 3.42. The minimum absolute atomic E-state index is 0.273. The summed E-state index contributed by atoms with van der Waals surface area (Å²) in [6.07, 6.45) is 4.77. The third kappa shape index (κ3) is 2.94. The van der Waals surface area contributed by atoms with Gasteiger partial charge in [-0.1, -0.05) is 0 Å². The Morgan fingerprint density at radius 1 is 1.65 bits per heavy atom. The summed E-state index contributed by atoms with van der Waals surface area (Å²) in [7, 11) is 1.63. The van der Waals surface area contributed by atoms with Gasteiger partial charge in [0.15, 0.2) is 5.76 Å². The normalized spacial score (nSPS) is 10.4. The Kier molecular flexibility index (Phi) is 3.56. The second-order valence-corrected chi connectivity index (χ2v) is 3.42. The summed E-state index contributed by atoms with van der Waals surface area (Å²) >= 11 is 0. The molecule has 0 saturated heterocycles. The lowest BCUT2D eigenvalue weighted by atomic mass is 10.4. The molecule has 0 aliphatic carbocycles. The summed E-state index contributed by atoms with van der Waals surface area (Å²) in [5, 5.41) is 6.76. The van der Waals surface area contributed by atoms with Crippen LogP contribution in [0.3, 0.4) is 0 Å². The highest BCUT2D eigenvalue weighted by molar-refractivity contribution is 6.02. The molecule has 2 aromatic heterocycles. The van der Waals surface area contributed by atoms with Crippen molar-refractivity contribution in [2.45, 2.75) is 6.54 Å². The van der Waals surface area contributed by atoms with Crippen molar-refractivity contribution in [2.75, 3.05) is 19.0 Å². The minimum atomic E-state index is -0.290. The molecule has 2 rings (SSSR count). The van der Waals surface area contributed by atoms with E-state index in [1.54, 1.807) is 36.3 Å². The fraction of sp³-hybridized carbons (Fsp3) is 0.273. The summed E-state index contributed by atoms with van der Waals surface area (Å²) in [5.41, 5.74) is 0.627. The van der Waals surface area contributed by atoms with Crippen molar-refractivity contribution >= 4 is 11.6 Å². The van der Waals surface area contributed by atoms with E-state index in [9.17, 15) is 4.79 Å². The zero-order valence-electron chi connectivity index (χ0n) is 9.42. The summed E-state index contributed by atoms with van der Waals surface area (Å²) < 4.78 is 11.6. The molecule has 0 radical (unpaired) electrons. The maximum absolute atomic E-state index is 11.6. The smallest absolute Gasteiger partial charge is 0.291 e. The molecule has 17 heavy (non-hydrogen) atoms. The molecule has 6 nitrogen and oxygen atoms in total. The first-order valence-corrected chi connectivity index (χ1v) is 5.16. The molecule has 0 spiro atoms. The first kappa shape index (κ1) is 11.4. The lowest BCUT2D eigenvalue weighted by Gasteiger charge is -1.99. The molecule has 0 saturated carbocycles. The number of anilines is 1. The third-order valence-corrected chi connectivity index (χ3v) is 2.16. The Morgan fingerprint density at radius 3 is 3.24 bits per heavy atom. The number of rotatable bonds is 5. The number of carbonyl (C=O) groups excluding carboxylic acids is 1. The molecular formula is C11H13N3O3. The summed E-state index contributed by atoms with van der Waals surface area (Å²) in [6, 6.07) is 3.27. The van der Waals surface area contributed by atoms with Crippen molar-refractivity contribution in [1.29, 1.82) is 0 Å². The average molecular weight is 235 g/mol. The highest BCUT2D eigenvalue weighted by atomic mass is 16.5. The number of amides is 1. The van der Waals surface area contributed by atoms with Crippen LogP contribution in [0.1, 0.15) is 10.6 Å². The SMILES string of the molecule is COCCn1cc(NC(=O)c2ccco2)cn1. The molecule has 0 fully saturated rings. The molecule has 0 aromatic carbocycles. The van der Waals surface area contributed by atoms with E-state index in [1.807, 2.05) is 0 Å². The van der Waals surface area contributed by atoms with Crippen LogP contribution in [0.5, 0.6) is 0 Å². The van der Waals surface area contributed by atoms with Crippen molar-refractivity contribution in [3.05, 3.63) is 36.5 Å². The number of hydrogen-bond acceptors (Lipinski definition) is 4. The second kappa shape index (κ2) is 5.31. The van der Waals surface area contributed by atoms with E-state index in [0.29, 0.717) is 18.8 Å². The lowest BCUT2D eigenvalue weighted by molar-refractivity contribution is 0.0996. The highest BCUT2D eigenvalue weighted by Gasteiger charge is 2.09. The molecule has 0 aliphatic rings. The fourth-order valence-electron chi connectivity index (χ4n) is 1.34. The number of furan rings is 1. The number of ether oxygens (including phenoxy) is 1. The van der Waals surface area contributed by atoms with E-state index in [-0.39, 0.29) is 11.7 Å². The van der Waals surface area contributed by atoms with Crippen molar-refractivity contribution in [2.24, 2.45) is 0 Å². The van der Waals surface area contributed by atoms with Crippen molar-refractivity contribution in [3.63, 3.8) is 0 Å². The number of nitrogens with zero attached hydrogens (tertiary/aromatic N) is 2. The van der Waals surface area contributed by atoms with Gasteiger partial charge in [-0.2, -0.15) is 5.10 Å². The molecule has 90 valence electrons. The molecule has 0 atom stereocenters. The van der Waals surface area contributed by atoms with Gasteiger partial charge in [-0.05, 0) is 12.1 Å². The van der Waals surface area contributed by atoms with Crippen LogP contribution in [0, 0.1) is 0 Å². The van der Waals surface area contributed by atoms with Crippen LogP contribution < -0.4 is 5.32 Å². The largest absolute Gasteiger partial charge is 0.459 e. The zero-order chi connectivity index (χ0) is 12.1. The van der Waals surface area contributed by atoms with Crippen LogP contribution in [0.2, 0.25) is 0 Å². The predicted molar refractivity (Wildman–Crippen MR) is 60.8 cm³/mol. The van der Waals surface area contributed by atoms with Crippen molar-refractivity contribution in [1.82, 2.24) is 9.78 Å². The molecule has 0 aliphatic heterocycles. The van der Waals surface area contributed by atoms with E-state index in [1.165, 1.54) is 6.26 Å². The predicted octanol–water partition coefficient (Wildman–Crippen LogP) is 1.37. The Morgan fingerprint density at radius 2 is 2.53 bits per heavy atom. The Balaban J connectivity index is 1.95. The molecule has 0 unspecified atom stereocenters. The standard InChI is InChI=1S/C11H13N3O3/c1-16-6-4-14-8-9(7-12-14)13-11(15)10-3-2-5-17-10/h2-3,5,7-8H,4,6H2,1H3,(H,13,15). The Bertz CT molecular complexity index is 476. The first-order valence-electron chi connectivity index (χ1n) is 5.16. The van der Waals surface area contributed by atoms with Gasteiger partial charge in [-0.15, -0.1) is 0 Å². The molecule has 2 heterocycles. The van der Waals surface area contributed by atoms with Gasteiger partial charge < -0.3 is 14.5 Å². The van der Waals surface area contributed by atoms with Crippen LogP contribution in [0.25, 0.3) is 0 Å². The maximum Gasteiger partial charge on any atom is 0.291 e. The van der Waals surface area contributed by atoms with Crippen LogP contribution in [0.4, 0.5) is 5.69 Å². The number of aromatic nitrogens is 2. The number of methoxy groups -OCH3 is 1. The summed E-state index contributed by atoms with van der Waals surface area (Å²) in [5.74, 6) is -0.0177. The lowest BCUT2D eigenvalue weighted by Crippen LogP contribution is -2.10. The molecule has 0 bridgehead atoms. The quantitative estimate of drug-likeness (QED) is 0.849. The first-order chi connectivity index (χ1) is 8.29. The zero-order valence-corrected chi connectivity index (χ0v) is 9.42. The van der Waals surface area contributed by atoms with Crippen LogP contribution in [-0.2, 0) is 11.3 Å². The van der Waals surface area contributed by atoms with Gasteiger partial charge in [0.05, 0.1) is 31.3 Å². The third-order valence-electron chi connectivity index (χ3n) is 2.16. The number of nitrogens with one attached hydrogen (secondary N) is 1. The van der Waals surface area contributed by atoms with Gasteiger partial charge in [-0.25, -0.2) is 0 Å². The topological polar surface area (TPSA) is 69.3 Å². The average Bonchev–Trinajstić information content (AvgIpc) is 2.97. The van der Waals surface area contributed by atoms with E-state index in [4.69, 9.17) is 9.15 Å². The Labute approximate surface area is 98.2 Å². The molecule has 1 N–H and O–H groups in total. The molecule has 6 heteroatoms. The minimum Gasteiger partial charge on any atom is -0.459 e. The number of carbonyl (C=O) groups is 1. The van der Waals surface area contributed by atoms with E-state index in [0.717, 1.165) is 0 Å². The van der Waals surface area contributed by atoms with Crippen LogP contribution in [-0.4, -0.2) is 29.4 Å². The highest BCUT2D eigenvalue weighted by Crippen LogP contribution is 2.08. The molecule has 2 aromatic rings. The van der Waals surface area contributed by atoms with Crippen LogP contribution >= 0.6 is 0 Å². The maximum atomic E-state index is 11.6. The van der Waals surface area contributed by atoms with Gasteiger partial charge >= 0.3 is 0 Å². The molecule has 1 amide bonds. The monoisotopic (exact) mass is 235 g/mol. The van der Waals surface area contributed by atoms with Crippen molar-refractivity contribution in [3.8, 4) is 0 Å².